The molecule has 3 heteroatoms. The van der Waals surface area contributed by atoms with Crippen molar-refractivity contribution in [2.75, 3.05) is 6.61 Å². The predicted molar refractivity (Wildman–Crippen MR) is 48.3 cm³/mol. The maximum Gasteiger partial charge on any atom is 0.174 e. The van der Waals surface area contributed by atoms with E-state index in [1.54, 1.807) is 18.2 Å². The number of nitrogens with zero attached hydrogens (tertiary/aromatic N) is 1. The van der Waals surface area contributed by atoms with Crippen LogP contribution in [0.15, 0.2) is 24.3 Å². The predicted octanol–water partition coefficient (Wildman–Crippen LogP) is 1.26. The Labute approximate surface area is 77.2 Å². The molecule has 0 fully saturated rings. The molecule has 0 aliphatic carbocycles. The summed E-state index contributed by atoms with van der Waals surface area (Å²) in [5.41, 5.74) is 1.15. The van der Waals surface area contributed by atoms with E-state index < -0.39 is 6.10 Å². The Kier molecular flexibility index (Phi) is 3.30. The van der Waals surface area contributed by atoms with Crippen LogP contribution in [0.3, 0.4) is 0 Å². The largest absolute Gasteiger partial charge is 0.490 e. The zero-order valence-corrected chi connectivity index (χ0v) is 7.40. The summed E-state index contributed by atoms with van der Waals surface area (Å²) in [6.07, 6.45) is -1.05. The minimum absolute atomic E-state index is 0.0135. The SMILES string of the molecule is Cc1ccc(OC[C@H](O)C#N)cc1. The van der Waals surface area contributed by atoms with Gasteiger partial charge >= 0.3 is 0 Å². The van der Waals surface area contributed by atoms with Crippen molar-refractivity contribution >= 4 is 0 Å². The van der Waals surface area contributed by atoms with Gasteiger partial charge in [0.2, 0.25) is 0 Å². The third-order valence-corrected chi connectivity index (χ3v) is 1.58. The van der Waals surface area contributed by atoms with Crippen molar-refractivity contribution in [1.29, 1.82) is 5.26 Å². The molecular formula is C10H11NO2. The molecule has 0 heterocycles. The first kappa shape index (κ1) is 9.56. The summed E-state index contributed by atoms with van der Waals surface area (Å²) in [5.74, 6) is 0.667. The molecule has 0 aliphatic heterocycles. The molecule has 0 saturated heterocycles. The van der Waals surface area contributed by atoms with Crippen molar-refractivity contribution in [3.8, 4) is 11.8 Å². The van der Waals surface area contributed by atoms with Gasteiger partial charge in [-0.25, -0.2) is 0 Å². The van der Waals surface area contributed by atoms with Crippen LogP contribution in [0.25, 0.3) is 0 Å². The lowest BCUT2D eigenvalue weighted by Gasteiger charge is -2.06. The maximum atomic E-state index is 8.89. The van der Waals surface area contributed by atoms with Gasteiger partial charge < -0.3 is 9.84 Å². The topological polar surface area (TPSA) is 53.2 Å². The Hall–Kier alpha value is -1.53. The number of aliphatic hydroxyl groups is 1. The molecule has 1 atom stereocenters. The Morgan fingerprint density at radius 1 is 1.46 bits per heavy atom. The van der Waals surface area contributed by atoms with E-state index >= 15 is 0 Å². The molecule has 0 spiro atoms. The average Bonchev–Trinajstić information content (AvgIpc) is 2.16. The maximum absolute atomic E-state index is 8.89. The van der Waals surface area contributed by atoms with Crippen LogP contribution in [0.5, 0.6) is 5.75 Å². The van der Waals surface area contributed by atoms with Crippen LogP contribution < -0.4 is 4.74 Å². The van der Waals surface area contributed by atoms with Crippen LogP contribution in [0, 0.1) is 18.3 Å². The number of nitriles is 1. The van der Waals surface area contributed by atoms with Crippen molar-refractivity contribution in [3.05, 3.63) is 29.8 Å². The molecule has 0 bridgehead atoms. The highest BCUT2D eigenvalue weighted by atomic mass is 16.5. The van der Waals surface area contributed by atoms with Gasteiger partial charge in [0.15, 0.2) is 6.10 Å². The van der Waals surface area contributed by atoms with Gasteiger partial charge in [0.1, 0.15) is 12.4 Å². The van der Waals surface area contributed by atoms with Gasteiger partial charge in [0.05, 0.1) is 6.07 Å². The number of benzene rings is 1. The average molecular weight is 177 g/mol. The molecule has 1 N–H and O–H groups in total. The van der Waals surface area contributed by atoms with Crippen LogP contribution in [0.1, 0.15) is 5.56 Å². The summed E-state index contributed by atoms with van der Waals surface area (Å²) < 4.78 is 5.14. The van der Waals surface area contributed by atoms with Gasteiger partial charge in [-0.3, -0.25) is 0 Å². The first-order chi connectivity index (χ1) is 6.22. The van der Waals surface area contributed by atoms with E-state index in [9.17, 15) is 0 Å². The minimum atomic E-state index is -1.05. The summed E-state index contributed by atoms with van der Waals surface area (Å²) in [4.78, 5) is 0. The summed E-state index contributed by atoms with van der Waals surface area (Å²) in [5, 5.41) is 17.2. The van der Waals surface area contributed by atoms with Crippen molar-refractivity contribution in [3.63, 3.8) is 0 Å². The van der Waals surface area contributed by atoms with Gasteiger partial charge in [0, 0.05) is 0 Å². The normalized spacial score (nSPS) is 11.8. The van der Waals surface area contributed by atoms with Gasteiger partial charge in [-0.1, -0.05) is 17.7 Å². The summed E-state index contributed by atoms with van der Waals surface area (Å²) in [6.45, 7) is 1.99. The van der Waals surface area contributed by atoms with Gasteiger partial charge in [0.25, 0.3) is 0 Å². The molecule has 1 rings (SSSR count). The van der Waals surface area contributed by atoms with Crippen molar-refractivity contribution in [2.45, 2.75) is 13.0 Å². The van der Waals surface area contributed by atoms with Crippen LogP contribution in [-0.2, 0) is 0 Å². The van der Waals surface area contributed by atoms with E-state index in [0.717, 1.165) is 5.56 Å². The number of aryl methyl sites for hydroxylation is 1. The molecular weight excluding hydrogens is 166 g/mol. The van der Waals surface area contributed by atoms with E-state index in [4.69, 9.17) is 15.1 Å². The monoisotopic (exact) mass is 177 g/mol. The van der Waals surface area contributed by atoms with Crippen molar-refractivity contribution in [2.24, 2.45) is 0 Å². The van der Waals surface area contributed by atoms with Gasteiger partial charge in [-0.05, 0) is 19.1 Å². The first-order valence-corrected chi connectivity index (χ1v) is 3.99. The minimum Gasteiger partial charge on any atom is -0.490 e. The zero-order chi connectivity index (χ0) is 9.68. The highest BCUT2D eigenvalue weighted by Gasteiger charge is 2.01. The third kappa shape index (κ3) is 3.14. The lowest BCUT2D eigenvalue weighted by molar-refractivity contribution is 0.150. The summed E-state index contributed by atoms with van der Waals surface area (Å²) in [6, 6.07) is 9.11. The second-order valence-corrected chi connectivity index (χ2v) is 2.77. The highest BCUT2D eigenvalue weighted by Crippen LogP contribution is 2.11. The third-order valence-electron chi connectivity index (χ3n) is 1.58. The van der Waals surface area contributed by atoms with E-state index in [1.807, 2.05) is 19.1 Å². The molecule has 0 unspecified atom stereocenters. The fourth-order valence-electron chi connectivity index (χ4n) is 0.847. The summed E-state index contributed by atoms with van der Waals surface area (Å²) >= 11 is 0. The molecule has 13 heavy (non-hydrogen) atoms. The molecule has 1 aromatic rings. The smallest absolute Gasteiger partial charge is 0.174 e. The fourth-order valence-corrected chi connectivity index (χ4v) is 0.847. The van der Waals surface area contributed by atoms with Crippen LogP contribution in [0.4, 0.5) is 0 Å². The molecule has 0 saturated carbocycles. The quantitative estimate of drug-likeness (QED) is 0.707. The standard InChI is InChI=1S/C10H11NO2/c1-8-2-4-10(5-3-8)13-7-9(12)6-11/h2-5,9,12H,7H2,1H3/t9-/m1/s1. The van der Waals surface area contributed by atoms with Crippen LogP contribution in [-0.4, -0.2) is 17.8 Å². The lowest BCUT2D eigenvalue weighted by atomic mass is 10.2. The molecule has 0 aromatic heterocycles. The molecule has 1 aromatic carbocycles. The zero-order valence-electron chi connectivity index (χ0n) is 7.40. The van der Waals surface area contributed by atoms with Crippen LogP contribution >= 0.6 is 0 Å². The lowest BCUT2D eigenvalue weighted by Crippen LogP contribution is -2.14. The Bertz CT molecular complexity index is 300. The number of rotatable bonds is 3. The molecule has 0 aliphatic rings. The molecule has 0 radical (unpaired) electrons. The Balaban J connectivity index is 2.47. The number of aliphatic hydroxyl groups excluding tert-OH is 1. The van der Waals surface area contributed by atoms with E-state index in [1.165, 1.54) is 0 Å². The number of hydrogen-bond acceptors (Lipinski definition) is 3. The number of ether oxygens (including phenoxy) is 1. The molecule has 68 valence electrons. The van der Waals surface area contributed by atoms with E-state index in [-0.39, 0.29) is 6.61 Å². The number of hydrogen-bond donors (Lipinski definition) is 1. The van der Waals surface area contributed by atoms with Crippen LogP contribution in [0.2, 0.25) is 0 Å². The van der Waals surface area contributed by atoms with Crippen molar-refractivity contribution in [1.82, 2.24) is 0 Å². The highest BCUT2D eigenvalue weighted by molar-refractivity contribution is 5.26. The van der Waals surface area contributed by atoms with Gasteiger partial charge in [-0.2, -0.15) is 5.26 Å². The Morgan fingerprint density at radius 2 is 2.08 bits per heavy atom. The van der Waals surface area contributed by atoms with E-state index in [0.29, 0.717) is 5.75 Å². The second-order valence-electron chi connectivity index (χ2n) is 2.77. The summed E-state index contributed by atoms with van der Waals surface area (Å²) in [7, 11) is 0. The second kappa shape index (κ2) is 4.48. The van der Waals surface area contributed by atoms with Crippen molar-refractivity contribution < 1.29 is 9.84 Å². The van der Waals surface area contributed by atoms with E-state index in [2.05, 4.69) is 0 Å². The molecule has 3 nitrogen and oxygen atoms in total. The Morgan fingerprint density at radius 3 is 2.62 bits per heavy atom. The first-order valence-electron chi connectivity index (χ1n) is 3.99. The molecule has 0 amide bonds. The van der Waals surface area contributed by atoms with Gasteiger partial charge in [-0.15, -0.1) is 0 Å². The fraction of sp³-hybridized carbons (Fsp3) is 0.300.